The molecule has 1 aromatic heterocycles. The molecule has 2 fully saturated rings. The molecule has 0 aliphatic heterocycles. The molecular formula is C16H26N4O. The Morgan fingerprint density at radius 1 is 1.33 bits per heavy atom. The minimum absolute atomic E-state index is 0.533. The average Bonchev–Trinajstić information content (AvgIpc) is 3.22. The number of likely N-dealkylation sites (N-methyl/N-ethyl adjacent to an activating group) is 1. The lowest BCUT2D eigenvalue weighted by molar-refractivity contribution is 0.0558. The number of nitrogens with one attached hydrogen (secondary N) is 1. The third-order valence-electron chi connectivity index (χ3n) is 4.49. The van der Waals surface area contributed by atoms with Crippen LogP contribution >= 0.6 is 0 Å². The van der Waals surface area contributed by atoms with Crippen molar-refractivity contribution in [3.05, 3.63) is 11.9 Å². The van der Waals surface area contributed by atoms with Crippen molar-refractivity contribution in [2.45, 2.75) is 57.0 Å². The fraction of sp³-hybridized carbons (Fsp3) is 0.750. The quantitative estimate of drug-likeness (QED) is 0.843. The summed E-state index contributed by atoms with van der Waals surface area (Å²) in [6.07, 6.45) is 6.45. The second-order valence-electron chi connectivity index (χ2n) is 6.56. The van der Waals surface area contributed by atoms with Crippen LogP contribution in [0.25, 0.3) is 0 Å². The van der Waals surface area contributed by atoms with Crippen LogP contribution in [-0.2, 0) is 0 Å². The molecule has 2 N–H and O–H groups in total. The summed E-state index contributed by atoms with van der Waals surface area (Å²) in [4.78, 5) is 11.4. The van der Waals surface area contributed by atoms with Gasteiger partial charge in [0.15, 0.2) is 0 Å². The molecule has 0 bridgehead atoms. The van der Waals surface area contributed by atoms with E-state index in [1.807, 2.05) is 13.1 Å². The zero-order valence-corrected chi connectivity index (χ0v) is 13.1. The summed E-state index contributed by atoms with van der Waals surface area (Å²) in [6, 6.07) is 1.99. The summed E-state index contributed by atoms with van der Waals surface area (Å²) in [7, 11) is 2.02. The van der Waals surface area contributed by atoms with E-state index >= 15 is 0 Å². The highest BCUT2D eigenvalue weighted by molar-refractivity contribution is 5.50. The minimum atomic E-state index is -0.544. The highest BCUT2D eigenvalue weighted by Crippen LogP contribution is 2.39. The van der Waals surface area contributed by atoms with E-state index in [0.29, 0.717) is 12.5 Å². The van der Waals surface area contributed by atoms with Gasteiger partial charge >= 0.3 is 0 Å². The Hall–Kier alpha value is -1.36. The maximum absolute atomic E-state index is 10.6. The Labute approximate surface area is 126 Å². The largest absolute Gasteiger partial charge is 0.388 e. The van der Waals surface area contributed by atoms with Crippen LogP contribution in [0.4, 0.5) is 11.6 Å². The number of aromatic nitrogens is 2. The molecule has 21 heavy (non-hydrogen) atoms. The van der Waals surface area contributed by atoms with E-state index in [1.54, 1.807) is 0 Å². The summed E-state index contributed by atoms with van der Waals surface area (Å²) < 4.78 is 0. The van der Waals surface area contributed by atoms with Gasteiger partial charge in [-0.05, 0) is 32.6 Å². The van der Waals surface area contributed by atoms with Gasteiger partial charge in [0.25, 0.3) is 0 Å². The van der Waals surface area contributed by atoms with Gasteiger partial charge in [0.05, 0.1) is 5.60 Å². The van der Waals surface area contributed by atoms with E-state index in [0.717, 1.165) is 49.7 Å². The van der Waals surface area contributed by atoms with Crippen LogP contribution in [0.3, 0.4) is 0 Å². The van der Waals surface area contributed by atoms with Gasteiger partial charge in [0.1, 0.15) is 17.5 Å². The Kier molecular flexibility index (Phi) is 4.02. The average molecular weight is 290 g/mol. The monoisotopic (exact) mass is 290 g/mol. The molecule has 5 heteroatoms. The number of hydrogen-bond donors (Lipinski definition) is 2. The molecule has 0 atom stereocenters. The third kappa shape index (κ3) is 3.46. The van der Waals surface area contributed by atoms with Crippen molar-refractivity contribution in [3.63, 3.8) is 0 Å². The molecule has 116 valence electrons. The van der Waals surface area contributed by atoms with E-state index in [2.05, 4.69) is 22.1 Å². The van der Waals surface area contributed by atoms with Crippen molar-refractivity contribution in [1.82, 2.24) is 9.97 Å². The van der Waals surface area contributed by atoms with E-state index in [1.165, 1.54) is 12.8 Å². The summed E-state index contributed by atoms with van der Waals surface area (Å²) in [6.45, 7) is 3.58. The van der Waals surface area contributed by atoms with Gasteiger partial charge < -0.3 is 15.3 Å². The maximum atomic E-state index is 10.6. The second kappa shape index (κ2) is 5.79. The van der Waals surface area contributed by atoms with Crippen molar-refractivity contribution < 1.29 is 5.11 Å². The first-order valence-corrected chi connectivity index (χ1v) is 8.16. The normalized spacial score (nSPS) is 20.5. The predicted molar refractivity (Wildman–Crippen MR) is 84.9 cm³/mol. The lowest BCUT2D eigenvalue weighted by Gasteiger charge is -2.29. The van der Waals surface area contributed by atoms with Crippen molar-refractivity contribution in [3.8, 4) is 0 Å². The SMILES string of the molecule is CCNc1cc(N(C)CC2(O)CCCC2)nc(C2CC2)n1. The molecule has 0 spiro atoms. The highest BCUT2D eigenvalue weighted by Gasteiger charge is 2.33. The van der Waals surface area contributed by atoms with Crippen molar-refractivity contribution in [2.24, 2.45) is 0 Å². The van der Waals surface area contributed by atoms with E-state index < -0.39 is 5.60 Å². The molecular weight excluding hydrogens is 264 g/mol. The summed E-state index contributed by atoms with van der Waals surface area (Å²) in [5.41, 5.74) is -0.544. The van der Waals surface area contributed by atoms with Crippen LogP contribution < -0.4 is 10.2 Å². The lowest BCUT2D eigenvalue weighted by atomic mass is 10.0. The van der Waals surface area contributed by atoms with Crippen LogP contribution in [-0.4, -0.2) is 40.8 Å². The zero-order chi connectivity index (χ0) is 14.9. The molecule has 0 unspecified atom stereocenters. The van der Waals surface area contributed by atoms with Crippen LogP contribution in [0.15, 0.2) is 6.07 Å². The lowest BCUT2D eigenvalue weighted by Crippen LogP contribution is -2.39. The molecule has 0 saturated heterocycles. The molecule has 0 radical (unpaired) electrons. The Morgan fingerprint density at radius 2 is 2.05 bits per heavy atom. The summed E-state index contributed by atoms with van der Waals surface area (Å²) >= 11 is 0. The zero-order valence-electron chi connectivity index (χ0n) is 13.1. The summed E-state index contributed by atoms with van der Waals surface area (Å²) in [5, 5.41) is 13.9. The third-order valence-corrected chi connectivity index (χ3v) is 4.49. The highest BCUT2D eigenvalue weighted by atomic mass is 16.3. The second-order valence-corrected chi connectivity index (χ2v) is 6.56. The van der Waals surface area contributed by atoms with Crippen LogP contribution in [0.2, 0.25) is 0 Å². The topological polar surface area (TPSA) is 61.3 Å². The Morgan fingerprint density at radius 3 is 2.67 bits per heavy atom. The fourth-order valence-corrected chi connectivity index (χ4v) is 3.16. The molecule has 2 aliphatic carbocycles. The minimum Gasteiger partial charge on any atom is -0.388 e. The van der Waals surface area contributed by atoms with Gasteiger partial charge in [0.2, 0.25) is 0 Å². The van der Waals surface area contributed by atoms with Gasteiger partial charge in [0, 0.05) is 32.1 Å². The number of aliphatic hydroxyl groups is 1. The Balaban J connectivity index is 1.78. The standard InChI is InChI=1S/C16H26N4O/c1-3-17-13-10-14(19-15(18-13)12-6-7-12)20(2)11-16(21)8-4-5-9-16/h10,12,21H,3-9,11H2,1-2H3,(H,17,18,19). The van der Waals surface area contributed by atoms with Gasteiger partial charge in [-0.3, -0.25) is 0 Å². The molecule has 2 aliphatic rings. The number of hydrogen-bond acceptors (Lipinski definition) is 5. The van der Waals surface area contributed by atoms with Crippen molar-refractivity contribution in [1.29, 1.82) is 0 Å². The van der Waals surface area contributed by atoms with E-state index in [9.17, 15) is 5.11 Å². The maximum Gasteiger partial charge on any atom is 0.136 e. The van der Waals surface area contributed by atoms with Gasteiger partial charge in [-0.1, -0.05) is 12.8 Å². The molecule has 0 amide bonds. The fourth-order valence-electron chi connectivity index (χ4n) is 3.16. The van der Waals surface area contributed by atoms with Crippen molar-refractivity contribution >= 4 is 11.6 Å². The first kappa shape index (κ1) is 14.6. The smallest absolute Gasteiger partial charge is 0.136 e. The van der Waals surface area contributed by atoms with Gasteiger partial charge in [-0.25, -0.2) is 9.97 Å². The van der Waals surface area contributed by atoms with E-state index in [4.69, 9.17) is 4.98 Å². The molecule has 0 aromatic carbocycles. The number of nitrogens with zero attached hydrogens (tertiary/aromatic N) is 3. The summed E-state index contributed by atoms with van der Waals surface area (Å²) in [5.74, 6) is 3.30. The first-order chi connectivity index (χ1) is 10.1. The number of anilines is 2. The molecule has 1 heterocycles. The Bertz CT molecular complexity index is 495. The predicted octanol–water partition coefficient (Wildman–Crippen LogP) is 2.53. The van der Waals surface area contributed by atoms with Crippen LogP contribution in [0.1, 0.15) is 57.2 Å². The van der Waals surface area contributed by atoms with Gasteiger partial charge in [-0.15, -0.1) is 0 Å². The number of rotatable bonds is 6. The van der Waals surface area contributed by atoms with Gasteiger partial charge in [-0.2, -0.15) is 0 Å². The molecule has 3 rings (SSSR count). The molecule has 5 nitrogen and oxygen atoms in total. The van der Waals surface area contributed by atoms with Crippen LogP contribution in [0.5, 0.6) is 0 Å². The molecule has 1 aromatic rings. The van der Waals surface area contributed by atoms with Crippen molar-refractivity contribution in [2.75, 3.05) is 30.4 Å². The molecule has 2 saturated carbocycles. The first-order valence-electron chi connectivity index (χ1n) is 8.16. The van der Waals surface area contributed by atoms with Crippen LogP contribution in [0, 0.1) is 0 Å². The van der Waals surface area contributed by atoms with E-state index in [-0.39, 0.29) is 0 Å².